The zero-order valence-electron chi connectivity index (χ0n) is 24.2. The zero-order chi connectivity index (χ0) is 28.1. The summed E-state index contributed by atoms with van der Waals surface area (Å²) in [4.78, 5) is 12.5. The third kappa shape index (κ3) is 11.1. The second-order valence-electron chi connectivity index (χ2n) is 11.0. The SMILES string of the molecule is C=C/C=C(\C)C(=O)Nc1ccc(OC)cc1OC(C=C)CCCCC[C@@H](CC=C)O[Si](C)(C)C(C)(C)C. The third-order valence-corrected chi connectivity index (χ3v) is 11.5. The van der Waals surface area contributed by atoms with E-state index in [4.69, 9.17) is 13.9 Å². The number of anilines is 1. The quantitative estimate of drug-likeness (QED) is 0.0724. The molecular formula is C31H49NO4Si. The van der Waals surface area contributed by atoms with Crippen LogP contribution in [0.25, 0.3) is 0 Å². The molecule has 0 aliphatic rings. The summed E-state index contributed by atoms with van der Waals surface area (Å²) < 4.78 is 18.3. The lowest BCUT2D eigenvalue weighted by molar-refractivity contribution is -0.112. The number of nitrogens with one attached hydrogen (secondary N) is 1. The first-order chi connectivity index (χ1) is 17.4. The third-order valence-electron chi connectivity index (χ3n) is 6.92. The van der Waals surface area contributed by atoms with E-state index in [2.05, 4.69) is 58.9 Å². The minimum atomic E-state index is -1.81. The first kappa shape index (κ1) is 32.5. The summed E-state index contributed by atoms with van der Waals surface area (Å²) in [5, 5.41) is 3.11. The molecule has 0 aliphatic heterocycles. The molecular weight excluding hydrogens is 478 g/mol. The first-order valence-corrected chi connectivity index (χ1v) is 16.2. The van der Waals surface area contributed by atoms with Crippen molar-refractivity contribution in [3.8, 4) is 11.5 Å². The van der Waals surface area contributed by atoms with Crippen LogP contribution in [0.5, 0.6) is 11.5 Å². The van der Waals surface area contributed by atoms with Gasteiger partial charge in [-0.2, -0.15) is 0 Å². The largest absolute Gasteiger partial charge is 0.497 e. The normalized spacial score (nSPS) is 13.9. The highest BCUT2D eigenvalue weighted by Gasteiger charge is 2.38. The molecule has 0 aromatic heterocycles. The number of hydrogen-bond donors (Lipinski definition) is 1. The molecule has 0 saturated heterocycles. The molecule has 0 saturated carbocycles. The molecule has 0 radical (unpaired) electrons. The molecule has 1 rings (SSSR count). The number of carbonyl (C=O) groups is 1. The highest BCUT2D eigenvalue weighted by Crippen LogP contribution is 2.38. The van der Waals surface area contributed by atoms with E-state index in [9.17, 15) is 4.79 Å². The monoisotopic (exact) mass is 527 g/mol. The smallest absolute Gasteiger partial charge is 0.251 e. The van der Waals surface area contributed by atoms with Crippen LogP contribution in [-0.2, 0) is 9.22 Å². The summed E-state index contributed by atoms with van der Waals surface area (Å²) >= 11 is 0. The Morgan fingerprint density at radius 3 is 2.35 bits per heavy atom. The maximum absolute atomic E-state index is 12.5. The predicted octanol–water partition coefficient (Wildman–Crippen LogP) is 8.62. The van der Waals surface area contributed by atoms with Gasteiger partial charge < -0.3 is 19.2 Å². The fourth-order valence-electron chi connectivity index (χ4n) is 3.59. The number of benzene rings is 1. The second-order valence-corrected chi connectivity index (χ2v) is 15.7. The van der Waals surface area contributed by atoms with Crippen LogP contribution in [0.1, 0.15) is 66.2 Å². The van der Waals surface area contributed by atoms with Crippen LogP contribution in [0, 0.1) is 0 Å². The molecule has 0 heterocycles. The molecule has 0 bridgehead atoms. The lowest BCUT2D eigenvalue weighted by atomic mass is 10.1. The molecule has 2 atom stereocenters. The van der Waals surface area contributed by atoms with E-state index in [1.807, 2.05) is 12.2 Å². The lowest BCUT2D eigenvalue weighted by Gasteiger charge is -2.39. The van der Waals surface area contributed by atoms with Gasteiger partial charge in [0.05, 0.1) is 12.8 Å². The van der Waals surface area contributed by atoms with Crippen molar-refractivity contribution < 1.29 is 18.7 Å². The summed E-state index contributed by atoms with van der Waals surface area (Å²) in [5.74, 6) is 1.00. The molecule has 1 aromatic rings. The molecule has 206 valence electrons. The number of ether oxygens (including phenoxy) is 2. The summed E-state index contributed by atoms with van der Waals surface area (Å²) in [6.45, 7) is 24.7. The van der Waals surface area contributed by atoms with Crippen molar-refractivity contribution in [1.29, 1.82) is 0 Å². The Morgan fingerprint density at radius 1 is 1.11 bits per heavy atom. The van der Waals surface area contributed by atoms with Gasteiger partial charge in [-0.3, -0.25) is 4.79 Å². The number of hydrogen-bond acceptors (Lipinski definition) is 4. The highest BCUT2D eigenvalue weighted by molar-refractivity contribution is 6.74. The van der Waals surface area contributed by atoms with E-state index in [0.717, 1.165) is 38.5 Å². The number of rotatable bonds is 17. The van der Waals surface area contributed by atoms with Gasteiger partial charge in [0.2, 0.25) is 0 Å². The van der Waals surface area contributed by atoms with Crippen LogP contribution in [0.4, 0.5) is 5.69 Å². The van der Waals surface area contributed by atoms with Gasteiger partial charge in [-0.1, -0.05) is 71.1 Å². The molecule has 1 aromatic carbocycles. The molecule has 6 heteroatoms. The zero-order valence-corrected chi connectivity index (χ0v) is 25.2. The van der Waals surface area contributed by atoms with E-state index in [1.54, 1.807) is 44.4 Å². The molecule has 0 fully saturated rings. The molecule has 0 spiro atoms. The van der Waals surface area contributed by atoms with Crippen LogP contribution in [-0.4, -0.2) is 33.5 Å². The minimum absolute atomic E-state index is 0.181. The van der Waals surface area contributed by atoms with E-state index in [0.29, 0.717) is 22.8 Å². The van der Waals surface area contributed by atoms with Gasteiger partial charge in [-0.15, -0.1) is 6.58 Å². The maximum Gasteiger partial charge on any atom is 0.251 e. The van der Waals surface area contributed by atoms with Gasteiger partial charge in [0.1, 0.15) is 17.6 Å². The summed E-state index contributed by atoms with van der Waals surface area (Å²) in [7, 11) is -0.202. The van der Waals surface area contributed by atoms with Crippen molar-refractivity contribution in [3.63, 3.8) is 0 Å². The summed E-state index contributed by atoms with van der Waals surface area (Å²) in [6.07, 6.45) is 13.0. The van der Waals surface area contributed by atoms with Gasteiger partial charge >= 0.3 is 0 Å². The van der Waals surface area contributed by atoms with Crippen molar-refractivity contribution in [1.82, 2.24) is 0 Å². The van der Waals surface area contributed by atoms with Crippen molar-refractivity contribution in [3.05, 3.63) is 67.8 Å². The Morgan fingerprint density at radius 2 is 1.78 bits per heavy atom. The van der Waals surface area contributed by atoms with Gasteiger partial charge in [-0.05, 0) is 62.9 Å². The Labute approximate surface area is 226 Å². The van der Waals surface area contributed by atoms with Gasteiger partial charge in [0, 0.05) is 17.7 Å². The highest BCUT2D eigenvalue weighted by atomic mass is 28.4. The maximum atomic E-state index is 12.5. The predicted molar refractivity (Wildman–Crippen MR) is 160 cm³/mol. The average molecular weight is 528 g/mol. The van der Waals surface area contributed by atoms with E-state index < -0.39 is 8.32 Å². The standard InChI is InChI=1S/C31H49NO4Si/c1-11-17-24(4)30(33)32-28-22-21-27(34-8)23-29(28)35-25(13-3)19-15-14-16-20-26(18-12-2)36-37(9,10)31(5,6)7/h11-13,17,21-23,25-26H,1-3,14-16,18-20H2,4-10H3,(H,32,33)/b24-17+/t25?,26-/m1/s1. The number of carbonyl (C=O) groups excluding carboxylic acids is 1. The molecule has 1 N–H and O–H groups in total. The topological polar surface area (TPSA) is 56.8 Å². The van der Waals surface area contributed by atoms with Crippen LogP contribution in [0.2, 0.25) is 18.1 Å². The van der Waals surface area contributed by atoms with Gasteiger partial charge in [0.25, 0.3) is 5.91 Å². The van der Waals surface area contributed by atoms with E-state index in [1.165, 1.54) is 0 Å². The number of methoxy groups -OCH3 is 1. The molecule has 0 aliphatic carbocycles. The Kier molecular flexibility index (Phi) is 13.7. The van der Waals surface area contributed by atoms with Gasteiger partial charge in [0.15, 0.2) is 8.32 Å². The first-order valence-electron chi connectivity index (χ1n) is 13.2. The Balaban J connectivity index is 2.73. The van der Waals surface area contributed by atoms with Crippen LogP contribution in [0.15, 0.2) is 67.8 Å². The number of unbranched alkanes of at least 4 members (excludes halogenated alkanes) is 2. The molecule has 1 unspecified atom stereocenters. The number of amides is 1. The fraction of sp³-hybridized carbons (Fsp3) is 0.516. The molecule has 37 heavy (non-hydrogen) atoms. The van der Waals surface area contributed by atoms with Crippen molar-refractivity contribution in [2.24, 2.45) is 0 Å². The average Bonchev–Trinajstić information content (AvgIpc) is 2.83. The van der Waals surface area contributed by atoms with Crippen LogP contribution >= 0.6 is 0 Å². The van der Waals surface area contributed by atoms with Gasteiger partial charge in [-0.25, -0.2) is 0 Å². The second kappa shape index (κ2) is 15.6. The molecule has 5 nitrogen and oxygen atoms in total. The Hall–Kier alpha value is -2.57. The Bertz CT molecular complexity index is 930. The van der Waals surface area contributed by atoms with Crippen molar-refractivity contribution in [2.75, 3.05) is 12.4 Å². The fourth-order valence-corrected chi connectivity index (χ4v) is 4.99. The van der Waals surface area contributed by atoms with Crippen LogP contribution in [0.3, 0.4) is 0 Å². The van der Waals surface area contributed by atoms with Crippen LogP contribution < -0.4 is 14.8 Å². The summed E-state index contributed by atoms with van der Waals surface area (Å²) in [5.41, 5.74) is 1.15. The minimum Gasteiger partial charge on any atom is -0.497 e. The number of allylic oxidation sites excluding steroid dienone is 2. The van der Waals surface area contributed by atoms with E-state index >= 15 is 0 Å². The van der Waals surface area contributed by atoms with Crippen molar-refractivity contribution in [2.45, 2.75) is 96.6 Å². The van der Waals surface area contributed by atoms with Crippen molar-refractivity contribution >= 4 is 19.9 Å². The molecule has 1 amide bonds. The summed E-state index contributed by atoms with van der Waals surface area (Å²) in [6, 6.07) is 5.37. The van der Waals surface area contributed by atoms with E-state index in [-0.39, 0.29) is 23.2 Å². The lowest BCUT2D eigenvalue weighted by Crippen LogP contribution is -2.43.